The lowest BCUT2D eigenvalue weighted by Gasteiger charge is -2.30. The molecule has 21 heavy (non-hydrogen) atoms. The predicted molar refractivity (Wildman–Crippen MR) is 92.0 cm³/mol. The summed E-state index contributed by atoms with van der Waals surface area (Å²) in [5.74, 6) is -0.503. The first-order valence-electron chi connectivity index (χ1n) is 6.68. The second-order valence-electron chi connectivity index (χ2n) is 5.00. The van der Waals surface area contributed by atoms with Gasteiger partial charge in [-0.3, -0.25) is 4.79 Å². The molecule has 1 N–H and O–H groups in total. The Kier molecular flexibility index (Phi) is 5.38. The Morgan fingerprint density at radius 2 is 1.76 bits per heavy atom. The zero-order chi connectivity index (χ0) is 15.5. The Morgan fingerprint density at radius 3 is 2.33 bits per heavy atom. The minimum absolute atomic E-state index is 0.188. The zero-order valence-electron chi connectivity index (χ0n) is 11.6. The van der Waals surface area contributed by atoms with Crippen molar-refractivity contribution in [2.75, 3.05) is 10.7 Å². The van der Waals surface area contributed by atoms with E-state index in [0.717, 1.165) is 6.42 Å². The molecule has 0 saturated heterocycles. The molecule has 0 unspecified atom stereocenters. The van der Waals surface area contributed by atoms with Gasteiger partial charge in [0.05, 0.1) is 5.54 Å². The smallest absolute Gasteiger partial charge is 0.252 e. The molecule has 0 fully saturated rings. The number of carbonyl (C=O) groups is 1. The van der Waals surface area contributed by atoms with E-state index in [1.54, 1.807) is 24.3 Å². The van der Waals surface area contributed by atoms with E-state index in [-0.39, 0.29) is 17.3 Å². The summed E-state index contributed by atoms with van der Waals surface area (Å²) in [5, 5.41) is 5.43. The lowest BCUT2D eigenvalue weighted by Crippen LogP contribution is -2.51. The molecule has 2 aromatic carbocycles. The van der Waals surface area contributed by atoms with Crippen LogP contribution >= 0.6 is 31.9 Å². The van der Waals surface area contributed by atoms with Crippen LogP contribution in [0, 0.1) is 5.82 Å². The molecule has 2 rings (SSSR count). The van der Waals surface area contributed by atoms with Gasteiger partial charge in [0.1, 0.15) is 5.82 Å². The molecular weight excluding hydrogens is 401 g/mol. The average molecular weight is 417 g/mol. The van der Waals surface area contributed by atoms with E-state index in [9.17, 15) is 9.18 Å². The molecule has 0 saturated carbocycles. The molecule has 0 aromatic heterocycles. The van der Waals surface area contributed by atoms with Gasteiger partial charge < -0.3 is 5.32 Å². The topological polar surface area (TPSA) is 29.1 Å². The van der Waals surface area contributed by atoms with Crippen molar-refractivity contribution in [1.82, 2.24) is 5.32 Å². The number of alkyl halides is 2. The van der Waals surface area contributed by atoms with Gasteiger partial charge in [0.2, 0.25) is 0 Å². The first-order valence-corrected chi connectivity index (χ1v) is 8.93. The molecule has 0 bridgehead atoms. The van der Waals surface area contributed by atoms with Crippen LogP contribution in [-0.4, -0.2) is 22.1 Å². The van der Waals surface area contributed by atoms with Crippen LogP contribution in [0.15, 0.2) is 36.4 Å². The Labute approximate surface area is 140 Å². The fourth-order valence-corrected chi connectivity index (χ4v) is 4.15. The highest BCUT2D eigenvalue weighted by Gasteiger charge is 2.28. The second-order valence-corrected chi connectivity index (χ2v) is 6.12. The van der Waals surface area contributed by atoms with Gasteiger partial charge in [0.25, 0.3) is 5.91 Å². The Hall–Kier alpha value is -0.940. The highest BCUT2D eigenvalue weighted by atomic mass is 79.9. The number of carbonyl (C=O) groups excluding carboxylic acids is 1. The maximum atomic E-state index is 13.8. The van der Waals surface area contributed by atoms with Crippen molar-refractivity contribution >= 4 is 48.5 Å². The van der Waals surface area contributed by atoms with Gasteiger partial charge in [-0.2, -0.15) is 0 Å². The van der Waals surface area contributed by atoms with Crippen LogP contribution in [0.25, 0.3) is 10.8 Å². The number of rotatable bonds is 5. The summed E-state index contributed by atoms with van der Waals surface area (Å²) in [7, 11) is 0. The number of fused-ring (bicyclic) bond motifs is 1. The molecule has 0 heterocycles. The van der Waals surface area contributed by atoms with E-state index < -0.39 is 0 Å². The summed E-state index contributed by atoms with van der Waals surface area (Å²) in [6, 6.07) is 9.90. The van der Waals surface area contributed by atoms with Crippen LogP contribution in [0.3, 0.4) is 0 Å². The third kappa shape index (κ3) is 3.29. The molecule has 112 valence electrons. The molecule has 1 amide bonds. The van der Waals surface area contributed by atoms with Crippen LogP contribution in [0.4, 0.5) is 4.39 Å². The van der Waals surface area contributed by atoms with Crippen LogP contribution < -0.4 is 5.32 Å². The predicted octanol–water partition coefficient (Wildman–Crippen LogP) is 4.65. The number of amides is 1. The summed E-state index contributed by atoms with van der Waals surface area (Å²) in [4.78, 5) is 12.6. The molecular formula is C16H16Br2FNO. The van der Waals surface area contributed by atoms with E-state index in [0.29, 0.717) is 27.0 Å². The van der Waals surface area contributed by atoms with Crippen molar-refractivity contribution in [2.45, 2.75) is 18.9 Å². The molecule has 0 spiro atoms. The maximum Gasteiger partial charge on any atom is 0.252 e. The quantitative estimate of drug-likeness (QED) is 0.706. The molecule has 5 heteroatoms. The first-order chi connectivity index (χ1) is 10.1. The van der Waals surface area contributed by atoms with Crippen molar-refractivity contribution in [1.29, 1.82) is 0 Å². The van der Waals surface area contributed by atoms with Gasteiger partial charge >= 0.3 is 0 Å². The van der Waals surface area contributed by atoms with Gasteiger partial charge in [-0.05, 0) is 23.9 Å². The Balaban J connectivity index is 2.43. The van der Waals surface area contributed by atoms with E-state index >= 15 is 0 Å². The lowest BCUT2D eigenvalue weighted by molar-refractivity contribution is 0.0917. The summed E-state index contributed by atoms with van der Waals surface area (Å²) in [6.07, 6.45) is 0.786. The van der Waals surface area contributed by atoms with E-state index in [1.807, 2.05) is 6.92 Å². The van der Waals surface area contributed by atoms with Crippen molar-refractivity contribution in [3.63, 3.8) is 0 Å². The Morgan fingerprint density at radius 1 is 1.14 bits per heavy atom. The number of nitrogens with one attached hydrogen (secondary N) is 1. The van der Waals surface area contributed by atoms with Crippen molar-refractivity contribution < 1.29 is 9.18 Å². The van der Waals surface area contributed by atoms with Crippen molar-refractivity contribution in [2.24, 2.45) is 0 Å². The molecule has 2 nitrogen and oxygen atoms in total. The van der Waals surface area contributed by atoms with Gasteiger partial charge in [-0.1, -0.05) is 63.0 Å². The van der Waals surface area contributed by atoms with Crippen LogP contribution in [0.5, 0.6) is 0 Å². The highest BCUT2D eigenvalue weighted by Crippen LogP contribution is 2.23. The summed E-state index contributed by atoms with van der Waals surface area (Å²) < 4.78 is 13.8. The number of hydrogen-bond donors (Lipinski definition) is 1. The number of hydrogen-bond acceptors (Lipinski definition) is 1. The molecule has 0 aliphatic heterocycles. The number of benzene rings is 2. The fourth-order valence-electron chi connectivity index (χ4n) is 2.15. The van der Waals surface area contributed by atoms with Gasteiger partial charge in [0.15, 0.2) is 0 Å². The van der Waals surface area contributed by atoms with Gasteiger partial charge in [-0.25, -0.2) is 4.39 Å². The Bertz CT molecular complexity index is 648. The summed E-state index contributed by atoms with van der Waals surface area (Å²) in [5.41, 5.74) is 0.138. The standard InChI is InChI=1S/C16H16Br2FNO/c1-2-16(9-17,10-18)20-15(21)13-7-8-14(19)12-6-4-3-5-11(12)13/h3-8H,2,9-10H2,1H3,(H,20,21). The highest BCUT2D eigenvalue weighted by molar-refractivity contribution is 9.09. The lowest BCUT2D eigenvalue weighted by atomic mass is 9.99. The monoisotopic (exact) mass is 415 g/mol. The number of halogens is 3. The van der Waals surface area contributed by atoms with E-state index in [2.05, 4.69) is 37.2 Å². The second kappa shape index (κ2) is 6.88. The van der Waals surface area contributed by atoms with Crippen LogP contribution in [0.1, 0.15) is 23.7 Å². The zero-order valence-corrected chi connectivity index (χ0v) is 14.8. The van der Waals surface area contributed by atoms with Gasteiger partial charge in [-0.15, -0.1) is 0 Å². The molecule has 2 aromatic rings. The SMILES string of the molecule is CCC(CBr)(CBr)NC(=O)c1ccc(F)c2ccccc12. The third-order valence-electron chi connectivity index (χ3n) is 3.68. The molecule has 0 aliphatic carbocycles. The van der Waals surface area contributed by atoms with Gasteiger partial charge in [0, 0.05) is 21.6 Å². The maximum absolute atomic E-state index is 13.8. The molecule has 0 aliphatic rings. The van der Waals surface area contributed by atoms with Crippen LogP contribution in [0.2, 0.25) is 0 Å². The average Bonchev–Trinajstić information content (AvgIpc) is 2.53. The fraction of sp³-hybridized carbons (Fsp3) is 0.312. The minimum Gasteiger partial charge on any atom is -0.345 e. The first kappa shape index (κ1) is 16.4. The molecule has 0 radical (unpaired) electrons. The summed E-state index contributed by atoms with van der Waals surface area (Å²) in [6.45, 7) is 2.02. The summed E-state index contributed by atoms with van der Waals surface area (Å²) >= 11 is 6.90. The van der Waals surface area contributed by atoms with Crippen molar-refractivity contribution in [3.8, 4) is 0 Å². The van der Waals surface area contributed by atoms with Crippen LogP contribution in [-0.2, 0) is 0 Å². The van der Waals surface area contributed by atoms with Crippen molar-refractivity contribution in [3.05, 3.63) is 47.8 Å². The normalized spacial score (nSPS) is 11.6. The van der Waals surface area contributed by atoms with E-state index in [1.165, 1.54) is 12.1 Å². The largest absolute Gasteiger partial charge is 0.345 e. The molecule has 0 atom stereocenters. The third-order valence-corrected chi connectivity index (χ3v) is 5.83. The van der Waals surface area contributed by atoms with E-state index in [4.69, 9.17) is 0 Å². The minimum atomic E-state index is -0.355.